The van der Waals surface area contributed by atoms with E-state index in [1.165, 1.54) is 18.4 Å². The minimum Gasteiger partial charge on any atom is -0.465 e. The first-order valence-electron chi connectivity index (χ1n) is 5.38. The molecule has 0 saturated carbocycles. The molecular weight excluding hydrogens is 286 g/mol. The topological polar surface area (TPSA) is 56.5 Å². The van der Waals surface area contributed by atoms with Crippen LogP contribution in [-0.4, -0.2) is 27.7 Å². The molecule has 0 amide bonds. The number of aromatic nitrogens is 3. The lowest BCUT2D eigenvalue weighted by atomic mass is 10.2. The molecule has 0 spiro atoms. The van der Waals surface area contributed by atoms with Crippen molar-refractivity contribution in [1.82, 2.24) is 14.6 Å². The normalized spacial score (nSPS) is 10.8. The second kappa shape index (κ2) is 4.64. The van der Waals surface area contributed by atoms with Crippen LogP contribution < -0.4 is 0 Å². The molecule has 0 atom stereocenters. The van der Waals surface area contributed by atoms with Crippen LogP contribution >= 0.6 is 22.9 Å². The molecule has 0 saturated heterocycles. The van der Waals surface area contributed by atoms with Gasteiger partial charge in [0.1, 0.15) is 0 Å². The molecule has 19 heavy (non-hydrogen) atoms. The highest BCUT2D eigenvalue weighted by atomic mass is 35.5. The van der Waals surface area contributed by atoms with Crippen LogP contribution in [-0.2, 0) is 4.74 Å². The summed E-state index contributed by atoms with van der Waals surface area (Å²) >= 11 is 7.34. The van der Waals surface area contributed by atoms with Gasteiger partial charge in [-0.2, -0.15) is 0 Å². The first kappa shape index (κ1) is 12.1. The third-order valence-corrected chi connectivity index (χ3v) is 3.85. The van der Waals surface area contributed by atoms with Crippen LogP contribution in [0.4, 0.5) is 0 Å². The average molecular weight is 294 g/mol. The highest BCUT2D eigenvalue weighted by molar-refractivity contribution is 7.19. The second-order valence-electron chi connectivity index (χ2n) is 3.76. The van der Waals surface area contributed by atoms with Crippen LogP contribution in [0.3, 0.4) is 0 Å². The zero-order chi connectivity index (χ0) is 13.4. The summed E-state index contributed by atoms with van der Waals surface area (Å²) in [5.41, 5.74) is 1.03. The molecular formula is C12H8ClN3O2S. The van der Waals surface area contributed by atoms with Crippen molar-refractivity contribution in [3.63, 3.8) is 0 Å². The molecule has 96 valence electrons. The number of esters is 1. The number of thiophene rings is 1. The molecule has 3 rings (SSSR count). The van der Waals surface area contributed by atoms with Crippen molar-refractivity contribution in [3.05, 3.63) is 40.4 Å². The van der Waals surface area contributed by atoms with E-state index in [2.05, 4.69) is 14.9 Å². The molecule has 0 aliphatic carbocycles. The number of hydrogen-bond donors (Lipinski definition) is 0. The van der Waals surface area contributed by atoms with Gasteiger partial charge >= 0.3 is 5.97 Å². The molecule has 0 fully saturated rings. The maximum atomic E-state index is 11.4. The van der Waals surface area contributed by atoms with E-state index in [9.17, 15) is 4.79 Å². The van der Waals surface area contributed by atoms with E-state index in [1.807, 2.05) is 12.1 Å². The third-order valence-electron chi connectivity index (χ3n) is 2.62. The molecule has 0 unspecified atom stereocenters. The fraction of sp³-hybridized carbons (Fsp3) is 0.0833. The van der Waals surface area contributed by atoms with Gasteiger partial charge in [-0.05, 0) is 24.3 Å². The number of carbonyl (C=O) groups excluding carboxylic acids is 1. The lowest BCUT2D eigenvalue weighted by Gasteiger charge is -2.00. The average Bonchev–Trinajstić information content (AvgIpc) is 3.02. The summed E-state index contributed by atoms with van der Waals surface area (Å²) in [6.07, 6.45) is 1.74. The Hall–Kier alpha value is -1.92. The van der Waals surface area contributed by atoms with E-state index >= 15 is 0 Å². The maximum Gasteiger partial charge on any atom is 0.338 e. The Bertz CT molecular complexity index is 765. The lowest BCUT2D eigenvalue weighted by Crippen LogP contribution is -2.02. The predicted octanol–water partition coefficient (Wildman–Crippen LogP) is 2.90. The second-order valence-corrected chi connectivity index (χ2v) is 5.48. The molecule has 3 heterocycles. The summed E-state index contributed by atoms with van der Waals surface area (Å²) in [5.74, 6) is 0.300. The molecule has 0 aromatic carbocycles. The lowest BCUT2D eigenvalue weighted by molar-refractivity contribution is 0.0600. The van der Waals surface area contributed by atoms with E-state index < -0.39 is 5.97 Å². The third kappa shape index (κ3) is 2.09. The SMILES string of the molecule is COC(=O)c1ccn2c(-c3ccc(Cl)s3)nnc2c1. The Morgan fingerprint density at radius 2 is 2.21 bits per heavy atom. The molecule has 0 bridgehead atoms. The van der Waals surface area contributed by atoms with Crippen LogP contribution in [0.5, 0.6) is 0 Å². The van der Waals surface area contributed by atoms with Gasteiger partial charge in [0.25, 0.3) is 0 Å². The number of hydrogen-bond acceptors (Lipinski definition) is 5. The van der Waals surface area contributed by atoms with Crippen molar-refractivity contribution >= 4 is 34.6 Å². The zero-order valence-electron chi connectivity index (χ0n) is 9.83. The van der Waals surface area contributed by atoms with Crippen molar-refractivity contribution in [3.8, 4) is 10.7 Å². The first-order chi connectivity index (χ1) is 9.19. The molecule has 0 aliphatic rings. The number of ether oxygens (including phenoxy) is 1. The van der Waals surface area contributed by atoms with E-state index in [0.717, 1.165) is 4.88 Å². The van der Waals surface area contributed by atoms with E-state index in [-0.39, 0.29) is 0 Å². The van der Waals surface area contributed by atoms with Gasteiger partial charge in [0.15, 0.2) is 11.5 Å². The molecule has 3 aromatic rings. The summed E-state index contributed by atoms with van der Waals surface area (Å²) < 4.78 is 7.16. The van der Waals surface area contributed by atoms with Crippen LogP contribution in [0.15, 0.2) is 30.5 Å². The van der Waals surface area contributed by atoms with Crippen LogP contribution in [0.1, 0.15) is 10.4 Å². The van der Waals surface area contributed by atoms with E-state index in [4.69, 9.17) is 11.6 Å². The smallest absolute Gasteiger partial charge is 0.338 e. The van der Waals surface area contributed by atoms with E-state index in [1.54, 1.807) is 22.7 Å². The summed E-state index contributed by atoms with van der Waals surface area (Å²) in [5, 5.41) is 8.17. The Balaban J connectivity index is 2.12. The fourth-order valence-electron chi connectivity index (χ4n) is 1.74. The van der Waals surface area contributed by atoms with Crippen molar-refractivity contribution in [2.24, 2.45) is 0 Å². The minimum atomic E-state index is -0.397. The van der Waals surface area contributed by atoms with Gasteiger partial charge in [-0.15, -0.1) is 21.5 Å². The molecule has 0 aliphatic heterocycles. The molecule has 3 aromatic heterocycles. The number of rotatable bonds is 2. The predicted molar refractivity (Wildman–Crippen MR) is 72.6 cm³/mol. The van der Waals surface area contributed by atoms with Gasteiger partial charge in [0.2, 0.25) is 0 Å². The number of carbonyl (C=O) groups is 1. The molecule has 0 radical (unpaired) electrons. The van der Waals surface area contributed by atoms with Crippen LogP contribution in [0.25, 0.3) is 16.3 Å². The first-order valence-corrected chi connectivity index (χ1v) is 6.57. The van der Waals surface area contributed by atoms with Gasteiger partial charge in [0, 0.05) is 6.20 Å². The van der Waals surface area contributed by atoms with Gasteiger partial charge < -0.3 is 4.74 Å². The van der Waals surface area contributed by atoms with Gasteiger partial charge in [-0.1, -0.05) is 11.6 Å². The Kier molecular flexibility index (Phi) is 2.96. The van der Waals surface area contributed by atoms with Gasteiger partial charge in [-0.3, -0.25) is 4.40 Å². The highest BCUT2D eigenvalue weighted by Crippen LogP contribution is 2.30. The monoisotopic (exact) mass is 293 g/mol. The van der Waals surface area contributed by atoms with Crippen LogP contribution in [0, 0.1) is 0 Å². The zero-order valence-corrected chi connectivity index (χ0v) is 11.4. The van der Waals surface area contributed by atoms with Gasteiger partial charge in [0.05, 0.1) is 21.9 Å². The maximum absolute atomic E-state index is 11.4. The van der Waals surface area contributed by atoms with Crippen LogP contribution in [0.2, 0.25) is 4.34 Å². The van der Waals surface area contributed by atoms with Crippen molar-refractivity contribution in [2.45, 2.75) is 0 Å². The Morgan fingerprint density at radius 1 is 1.37 bits per heavy atom. The Labute approximate surface area is 117 Å². The summed E-state index contributed by atoms with van der Waals surface area (Å²) in [6, 6.07) is 7.00. The standard InChI is InChI=1S/C12H8ClN3O2S/c1-18-12(17)7-4-5-16-10(6-7)14-15-11(16)8-2-3-9(13)19-8/h2-6H,1H3. The quantitative estimate of drug-likeness (QED) is 0.682. The van der Waals surface area contributed by atoms with E-state index in [0.29, 0.717) is 21.4 Å². The number of nitrogens with zero attached hydrogens (tertiary/aromatic N) is 3. The molecule has 5 nitrogen and oxygen atoms in total. The highest BCUT2D eigenvalue weighted by Gasteiger charge is 2.12. The number of halogens is 1. The summed E-state index contributed by atoms with van der Waals surface area (Å²) in [7, 11) is 1.34. The van der Waals surface area contributed by atoms with Crippen molar-refractivity contribution < 1.29 is 9.53 Å². The largest absolute Gasteiger partial charge is 0.465 e. The number of pyridine rings is 1. The molecule has 7 heteroatoms. The minimum absolute atomic E-state index is 0.397. The fourth-order valence-corrected chi connectivity index (χ4v) is 2.76. The van der Waals surface area contributed by atoms with Crippen molar-refractivity contribution in [1.29, 1.82) is 0 Å². The summed E-state index contributed by atoms with van der Waals surface area (Å²) in [6.45, 7) is 0. The molecule has 0 N–H and O–H groups in total. The number of methoxy groups -OCH3 is 1. The number of fused-ring (bicyclic) bond motifs is 1. The van der Waals surface area contributed by atoms with Gasteiger partial charge in [-0.25, -0.2) is 4.79 Å². The summed E-state index contributed by atoms with van der Waals surface area (Å²) in [4.78, 5) is 12.4. The Morgan fingerprint density at radius 3 is 2.89 bits per heavy atom. The van der Waals surface area contributed by atoms with Crippen molar-refractivity contribution in [2.75, 3.05) is 7.11 Å².